The van der Waals surface area contributed by atoms with Gasteiger partial charge in [-0.2, -0.15) is 9.97 Å². The quantitative estimate of drug-likeness (QED) is 0.494. The zero-order valence-electron chi connectivity index (χ0n) is 28.3. The van der Waals surface area contributed by atoms with Gasteiger partial charge in [-0.3, -0.25) is 14.7 Å². The number of amides is 1. The molecule has 6 aliphatic rings. The van der Waals surface area contributed by atoms with Crippen molar-refractivity contribution in [3.05, 3.63) is 23.2 Å². The maximum Gasteiger partial charge on any atom is 0.414 e. The number of morpholine rings is 1. The maximum atomic E-state index is 14.9. The van der Waals surface area contributed by atoms with Gasteiger partial charge >= 0.3 is 12.1 Å². The molecule has 4 saturated heterocycles. The third kappa shape index (κ3) is 6.59. The lowest BCUT2D eigenvalue weighted by Gasteiger charge is -2.36. The van der Waals surface area contributed by atoms with E-state index in [4.69, 9.17) is 24.2 Å². The fraction of sp³-hybridized carbons (Fsp3) is 0.794. The molecule has 46 heavy (non-hydrogen) atoms. The first-order valence-electron chi connectivity index (χ1n) is 17.4. The highest BCUT2D eigenvalue weighted by Crippen LogP contribution is 2.44. The van der Waals surface area contributed by atoms with Crippen LogP contribution in [0.2, 0.25) is 0 Å². The van der Waals surface area contributed by atoms with E-state index in [9.17, 15) is 9.18 Å². The van der Waals surface area contributed by atoms with Crippen molar-refractivity contribution in [2.24, 2.45) is 5.92 Å². The largest absolute Gasteiger partial charge is 0.461 e. The van der Waals surface area contributed by atoms with Gasteiger partial charge < -0.3 is 24.4 Å². The number of hydrogen-bond acceptors (Lipinski definition) is 10. The number of nitrogens with zero attached hydrogens (tertiary/aromatic N) is 6. The minimum atomic E-state index is -0.843. The van der Waals surface area contributed by atoms with Gasteiger partial charge in [-0.1, -0.05) is 0 Å². The molecule has 6 atom stereocenters. The molecule has 1 unspecified atom stereocenters. The number of carbonyl (C=O) groups excluding carboxylic acids is 1. The van der Waals surface area contributed by atoms with E-state index in [1.165, 1.54) is 0 Å². The third-order valence-corrected chi connectivity index (χ3v) is 10.5. The second-order valence-electron chi connectivity index (χ2n) is 15.6. The molecule has 4 fully saturated rings. The van der Waals surface area contributed by atoms with Crippen molar-refractivity contribution < 1.29 is 23.4 Å². The van der Waals surface area contributed by atoms with Gasteiger partial charge in [-0.15, -0.1) is 0 Å². The Balaban J connectivity index is 1.10. The van der Waals surface area contributed by atoms with E-state index in [0.717, 1.165) is 94.1 Å². The Hall–Kier alpha value is -2.54. The Morgan fingerprint density at radius 2 is 1.91 bits per heavy atom. The lowest BCUT2D eigenvalue weighted by molar-refractivity contribution is -0.0712. The summed E-state index contributed by atoms with van der Waals surface area (Å²) >= 11 is 0. The number of fused-ring (bicyclic) bond motifs is 4. The van der Waals surface area contributed by atoms with Gasteiger partial charge in [0.2, 0.25) is 0 Å². The molecule has 2 bridgehead atoms. The predicted molar refractivity (Wildman–Crippen MR) is 172 cm³/mol. The maximum absolute atomic E-state index is 14.9. The normalized spacial score (nSPS) is 33.4. The molecule has 0 aromatic carbocycles. The number of anilines is 1. The number of allylic oxidation sites excluding steroid dienone is 1. The lowest BCUT2D eigenvalue weighted by atomic mass is 9.90. The zero-order chi connectivity index (χ0) is 32.2. The van der Waals surface area contributed by atoms with Crippen LogP contribution in [0.25, 0.3) is 0 Å². The van der Waals surface area contributed by atoms with Crippen molar-refractivity contribution in [3.63, 3.8) is 0 Å². The highest BCUT2D eigenvalue weighted by Gasteiger charge is 2.53. The molecule has 0 aliphatic carbocycles. The van der Waals surface area contributed by atoms with Crippen molar-refractivity contribution in [1.82, 2.24) is 30.0 Å². The van der Waals surface area contributed by atoms with Gasteiger partial charge in [0, 0.05) is 75.7 Å². The number of nitrogens with one attached hydrogen (secondary N) is 1. The molecular formula is C34H52FN7O4. The summed E-state index contributed by atoms with van der Waals surface area (Å²) in [6.07, 6.45) is 6.25. The van der Waals surface area contributed by atoms with Crippen molar-refractivity contribution >= 4 is 11.9 Å². The van der Waals surface area contributed by atoms with E-state index in [1.54, 1.807) is 0 Å². The smallest absolute Gasteiger partial charge is 0.414 e. The van der Waals surface area contributed by atoms with E-state index in [0.29, 0.717) is 38.0 Å². The average molecular weight is 642 g/mol. The predicted octanol–water partition coefficient (Wildman–Crippen LogP) is 3.86. The minimum Gasteiger partial charge on any atom is -0.461 e. The molecule has 6 aliphatic heterocycles. The van der Waals surface area contributed by atoms with Gasteiger partial charge in [0.25, 0.3) is 0 Å². The molecule has 1 aromatic heterocycles. The van der Waals surface area contributed by atoms with Crippen LogP contribution in [0.5, 0.6) is 6.01 Å². The first-order valence-corrected chi connectivity index (χ1v) is 17.4. The van der Waals surface area contributed by atoms with Gasteiger partial charge in [0.15, 0.2) is 0 Å². The number of hydrogen-bond donors (Lipinski definition) is 1. The molecule has 1 amide bonds. The molecular weight excluding hydrogens is 589 g/mol. The Morgan fingerprint density at radius 1 is 1.11 bits per heavy atom. The zero-order valence-corrected chi connectivity index (χ0v) is 28.3. The van der Waals surface area contributed by atoms with Crippen LogP contribution in [0.15, 0.2) is 11.9 Å². The van der Waals surface area contributed by atoms with Gasteiger partial charge in [0.1, 0.15) is 24.2 Å². The Kier molecular flexibility index (Phi) is 8.69. The van der Waals surface area contributed by atoms with Crippen molar-refractivity contribution in [2.75, 3.05) is 57.3 Å². The molecule has 1 N–H and O–H groups in total. The molecule has 0 radical (unpaired) electrons. The van der Waals surface area contributed by atoms with Gasteiger partial charge in [-0.25, -0.2) is 9.18 Å². The van der Waals surface area contributed by atoms with E-state index in [1.807, 2.05) is 25.7 Å². The fourth-order valence-corrected chi connectivity index (χ4v) is 8.86. The second-order valence-corrected chi connectivity index (χ2v) is 15.6. The van der Waals surface area contributed by atoms with E-state index in [-0.39, 0.29) is 29.9 Å². The summed E-state index contributed by atoms with van der Waals surface area (Å²) in [6, 6.07) is 0.464. The van der Waals surface area contributed by atoms with Crippen LogP contribution in [-0.2, 0) is 22.4 Å². The van der Waals surface area contributed by atoms with E-state index >= 15 is 0 Å². The van der Waals surface area contributed by atoms with Crippen LogP contribution in [0.1, 0.15) is 78.0 Å². The van der Waals surface area contributed by atoms with Gasteiger partial charge in [0.05, 0.1) is 23.4 Å². The summed E-state index contributed by atoms with van der Waals surface area (Å²) in [5, 5.41) is 3.45. The summed E-state index contributed by atoms with van der Waals surface area (Å²) in [7, 11) is 0. The molecule has 12 heteroatoms. The average Bonchev–Trinajstić information content (AvgIpc) is 3.55. The standard InChI is InChI=1S/C34H52FN7O4/c1-22-15-39(16-23(2)45-22)17-24-12-34(13-25(35)19-41(34)18-24)21-44-31-37-29-14-36-10-8-28(29)30(38-31)40-11-9-26-6-7-27(20-40)42(26)32(43)46-33(3,4)5/h20,22-26,36H,6-19,21H2,1-5H3/t22-,23+,24-,25-,26?,34+/m1/s1. The summed E-state index contributed by atoms with van der Waals surface area (Å²) in [5.74, 6) is 1.32. The molecule has 11 nitrogen and oxygen atoms in total. The van der Waals surface area contributed by atoms with Crippen LogP contribution in [0, 0.1) is 5.92 Å². The molecule has 0 saturated carbocycles. The topological polar surface area (TPSA) is 95.5 Å². The lowest BCUT2D eigenvalue weighted by Crippen LogP contribution is -2.47. The fourth-order valence-electron chi connectivity index (χ4n) is 8.86. The SMILES string of the molecule is C[C@@H]1CN(C[C@@H]2CN3C[C@H](F)C[C@]3(COc3nc4c(c(N5C=C6CCC(CC5)N6C(=O)OC(C)(C)C)n3)CCNC4)C2)C[C@H](C)O1. The molecule has 1 aromatic rings. The number of rotatable bonds is 6. The summed E-state index contributed by atoms with van der Waals surface area (Å²) in [6.45, 7) is 16.9. The first kappa shape index (κ1) is 32.0. The highest BCUT2D eigenvalue weighted by atomic mass is 19.1. The van der Waals surface area contributed by atoms with Crippen LogP contribution >= 0.6 is 0 Å². The first-order chi connectivity index (χ1) is 21.9. The van der Waals surface area contributed by atoms with Crippen LogP contribution in [-0.4, -0.2) is 119 Å². The Bertz CT molecular complexity index is 1330. The molecule has 7 rings (SSSR count). The van der Waals surface area contributed by atoms with Crippen molar-refractivity contribution in [2.45, 2.75) is 115 Å². The third-order valence-electron chi connectivity index (χ3n) is 10.5. The Morgan fingerprint density at radius 3 is 2.70 bits per heavy atom. The number of alkyl halides is 1. The molecule has 254 valence electrons. The summed E-state index contributed by atoms with van der Waals surface area (Å²) in [5.41, 5.74) is 2.15. The van der Waals surface area contributed by atoms with Crippen LogP contribution in [0.4, 0.5) is 15.0 Å². The number of ether oxygens (including phenoxy) is 3. The minimum absolute atomic E-state index is 0.112. The van der Waals surface area contributed by atoms with E-state index in [2.05, 4.69) is 40.1 Å². The van der Waals surface area contributed by atoms with Crippen LogP contribution < -0.4 is 15.0 Å². The van der Waals surface area contributed by atoms with Crippen LogP contribution in [0.3, 0.4) is 0 Å². The summed E-state index contributed by atoms with van der Waals surface area (Å²) < 4.78 is 33.1. The number of halogens is 1. The Labute approximate surface area is 272 Å². The summed E-state index contributed by atoms with van der Waals surface area (Å²) in [4.78, 5) is 32.0. The monoisotopic (exact) mass is 641 g/mol. The molecule has 7 heterocycles. The number of aromatic nitrogens is 2. The van der Waals surface area contributed by atoms with E-state index < -0.39 is 11.8 Å². The second kappa shape index (κ2) is 12.5. The number of carbonyl (C=O) groups is 1. The molecule has 0 spiro atoms. The highest BCUT2D eigenvalue weighted by molar-refractivity contribution is 5.72. The van der Waals surface area contributed by atoms with Crippen molar-refractivity contribution in [1.29, 1.82) is 0 Å². The van der Waals surface area contributed by atoms with Crippen molar-refractivity contribution in [3.8, 4) is 6.01 Å². The van der Waals surface area contributed by atoms with Gasteiger partial charge in [-0.05, 0) is 79.2 Å².